The summed E-state index contributed by atoms with van der Waals surface area (Å²) in [6.45, 7) is 2.14. The second kappa shape index (κ2) is 6.20. The van der Waals surface area contributed by atoms with Gasteiger partial charge in [-0.1, -0.05) is 31.4 Å². The Balaban J connectivity index is 2.27. The zero-order valence-electron chi connectivity index (χ0n) is 8.38. The minimum absolute atomic E-state index is 0.331. The summed E-state index contributed by atoms with van der Waals surface area (Å²) in [6, 6.07) is 3.78. The molecule has 0 aliphatic rings. The molecule has 78 valence electrons. The summed E-state index contributed by atoms with van der Waals surface area (Å²) in [4.78, 5) is 12.5. The molecule has 0 spiro atoms. The summed E-state index contributed by atoms with van der Waals surface area (Å²) in [7, 11) is 0. The van der Waals surface area contributed by atoms with Crippen LogP contribution in [0.15, 0.2) is 12.1 Å². The van der Waals surface area contributed by atoms with E-state index in [0.717, 1.165) is 28.5 Å². The van der Waals surface area contributed by atoms with Crippen LogP contribution in [-0.2, 0) is 11.2 Å². The number of carbonyl (C=O) groups is 1. The number of ketones is 1. The van der Waals surface area contributed by atoms with Crippen LogP contribution < -0.4 is 0 Å². The van der Waals surface area contributed by atoms with E-state index in [-0.39, 0.29) is 0 Å². The van der Waals surface area contributed by atoms with Crippen LogP contribution in [0.1, 0.15) is 37.5 Å². The van der Waals surface area contributed by atoms with Gasteiger partial charge in [0.1, 0.15) is 5.78 Å². The highest BCUT2D eigenvalue weighted by Gasteiger charge is 2.05. The molecule has 3 heteroatoms. The van der Waals surface area contributed by atoms with Gasteiger partial charge in [-0.05, 0) is 18.6 Å². The predicted molar refractivity (Wildman–Crippen MR) is 62.2 cm³/mol. The highest BCUT2D eigenvalue weighted by Crippen LogP contribution is 2.22. The topological polar surface area (TPSA) is 17.1 Å². The number of thiophene rings is 1. The van der Waals surface area contributed by atoms with Gasteiger partial charge in [0.05, 0.1) is 4.34 Å². The fraction of sp³-hybridized carbons (Fsp3) is 0.545. The Bertz CT molecular complexity index is 293. The Kier molecular flexibility index (Phi) is 5.20. The van der Waals surface area contributed by atoms with Crippen molar-refractivity contribution in [2.75, 3.05) is 0 Å². The van der Waals surface area contributed by atoms with Crippen molar-refractivity contribution >= 4 is 28.7 Å². The first kappa shape index (κ1) is 11.7. The number of rotatable bonds is 6. The van der Waals surface area contributed by atoms with Gasteiger partial charge in [-0.2, -0.15) is 0 Å². The van der Waals surface area contributed by atoms with E-state index >= 15 is 0 Å². The molecule has 0 atom stereocenters. The van der Waals surface area contributed by atoms with Gasteiger partial charge in [-0.25, -0.2) is 0 Å². The Morgan fingerprint density at radius 1 is 1.43 bits per heavy atom. The van der Waals surface area contributed by atoms with Crippen molar-refractivity contribution in [2.45, 2.75) is 39.0 Å². The molecular weight excluding hydrogens is 216 g/mol. The molecule has 0 aromatic carbocycles. The molecule has 1 aromatic rings. The van der Waals surface area contributed by atoms with Gasteiger partial charge in [0.2, 0.25) is 0 Å². The first-order valence-electron chi connectivity index (χ1n) is 4.98. The molecule has 0 saturated carbocycles. The lowest BCUT2D eigenvalue weighted by atomic mass is 10.1. The maximum Gasteiger partial charge on any atom is 0.138 e. The van der Waals surface area contributed by atoms with E-state index in [1.807, 2.05) is 12.1 Å². The molecule has 0 amide bonds. The first-order valence-corrected chi connectivity index (χ1v) is 6.17. The van der Waals surface area contributed by atoms with Crippen LogP contribution >= 0.6 is 22.9 Å². The molecule has 0 N–H and O–H groups in total. The van der Waals surface area contributed by atoms with Gasteiger partial charge < -0.3 is 0 Å². The van der Waals surface area contributed by atoms with Crippen molar-refractivity contribution in [1.82, 2.24) is 0 Å². The molecule has 0 unspecified atom stereocenters. The quantitative estimate of drug-likeness (QED) is 0.673. The predicted octanol–water partition coefficient (Wildman–Crippen LogP) is 4.09. The van der Waals surface area contributed by atoms with Gasteiger partial charge >= 0.3 is 0 Å². The molecule has 0 radical (unpaired) electrons. The third-order valence-corrected chi connectivity index (χ3v) is 3.29. The number of unbranched alkanes of at least 4 members (excludes halogenated alkanes) is 2. The third-order valence-electron chi connectivity index (χ3n) is 2.06. The van der Waals surface area contributed by atoms with Crippen LogP contribution in [-0.4, -0.2) is 5.78 Å². The standard InChI is InChI=1S/C11H15ClOS/c1-2-3-4-5-9(13)8-10-6-7-11(12)14-10/h6-7H,2-5,8H2,1H3. The molecule has 1 rings (SSSR count). The minimum atomic E-state index is 0.331. The first-order chi connectivity index (χ1) is 6.72. The smallest absolute Gasteiger partial charge is 0.138 e. The van der Waals surface area contributed by atoms with Crippen molar-refractivity contribution in [3.05, 3.63) is 21.3 Å². The van der Waals surface area contributed by atoms with Crippen molar-refractivity contribution in [3.63, 3.8) is 0 Å². The molecule has 1 aromatic heterocycles. The monoisotopic (exact) mass is 230 g/mol. The Morgan fingerprint density at radius 3 is 2.79 bits per heavy atom. The molecular formula is C11H15ClOS. The number of hydrogen-bond acceptors (Lipinski definition) is 2. The average Bonchev–Trinajstić information content (AvgIpc) is 2.52. The summed E-state index contributed by atoms with van der Waals surface area (Å²) in [5.74, 6) is 0.331. The number of halogens is 1. The van der Waals surface area contributed by atoms with E-state index < -0.39 is 0 Å². The number of carbonyl (C=O) groups excluding carboxylic acids is 1. The highest BCUT2D eigenvalue weighted by molar-refractivity contribution is 7.16. The summed E-state index contributed by atoms with van der Waals surface area (Å²) in [6.07, 6.45) is 4.61. The normalized spacial score (nSPS) is 10.4. The SMILES string of the molecule is CCCCCC(=O)Cc1ccc(Cl)s1. The average molecular weight is 231 g/mol. The van der Waals surface area contributed by atoms with Crippen LogP contribution in [0.5, 0.6) is 0 Å². The largest absolute Gasteiger partial charge is 0.299 e. The van der Waals surface area contributed by atoms with Crippen molar-refractivity contribution in [2.24, 2.45) is 0 Å². The molecule has 0 aliphatic heterocycles. The van der Waals surface area contributed by atoms with Gasteiger partial charge in [0, 0.05) is 17.7 Å². The maximum atomic E-state index is 11.5. The zero-order valence-corrected chi connectivity index (χ0v) is 9.96. The van der Waals surface area contributed by atoms with Crippen LogP contribution in [0.25, 0.3) is 0 Å². The van der Waals surface area contributed by atoms with Crippen LogP contribution in [0.2, 0.25) is 4.34 Å². The van der Waals surface area contributed by atoms with E-state index in [1.54, 1.807) is 0 Å². The van der Waals surface area contributed by atoms with Crippen LogP contribution in [0.4, 0.5) is 0 Å². The molecule has 0 aliphatic carbocycles. The molecule has 14 heavy (non-hydrogen) atoms. The summed E-state index contributed by atoms with van der Waals surface area (Å²) in [5.41, 5.74) is 0. The van der Waals surface area contributed by atoms with E-state index in [0.29, 0.717) is 18.6 Å². The molecule has 1 nitrogen and oxygen atoms in total. The molecule has 0 fully saturated rings. The lowest BCUT2D eigenvalue weighted by Gasteiger charge is -1.97. The Morgan fingerprint density at radius 2 is 2.21 bits per heavy atom. The second-order valence-electron chi connectivity index (χ2n) is 3.38. The van der Waals surface area contributed by atoms with Crippen molar-refractivity contribution < 1.29 is 4.79 Å². The minimum Gasteiger partial charge on any atom is -0.299 e. The zero-order chi connectivity index (χ0) is 10.4. The Labute approximate surface area is 94.1 Å². The van der Waals surface area contributed by atoms with Gasteiger partial charge in [-0.15, -0.1) is 11.3 Å². The van der Waals surface area contributed by atoms with E-state index in [4.69, 9.17) is 11.6 Å². The molecule has 1 heterocycles. The maximum absolute atomic E-state index is 11.5. The second-order valence-corrected chi connectivity index (χ2v) is 5.18. The Hall–Kier alpha value is -0.340. The summed E-state index contributed by atoms with van der Waals surface area (Å²) >= 11 is 7.28. The fourth-order valence-electron chi connectivity index (χ4n) is 1.30. The number of Topliss-reactive ketones (excluding diaryl/α,β-unsaturated/α-hetero) is 1. The van der Waals surface area contributed by atoms with E-state index in [9.17, 15) is 4.79 Å². The lowest BCUT2D eigenvalue weighted by Crippen LogP contribution is -2.00. The summed E-state index contributed by atoms with van der Waals surface area (Å²) < 4.78 is 0.765. The lowest BCUT2D eigenvalue weighted by molar-refractivity contribution is -0.118. The van der Waals surface area contributed by atoms with Crippen molar-refractivity contribution in [3.8, 4) is 0 Å². The number of hydrogen-bond donors (Lipinski definition) is 0. The summed E-state index contributed by atoms with van der Waals surface area (Å²) in [5, 5.41) is 0. The molecule has 0 bridgehead atoms. The van der Waals surface area contributed by atoms with Gasteiger partial charge in [0.25, 0.3) is 0 Å². The van der Waals surface area contributed by atoms with Gasteiger partial charge in [-0.3, -0.25) is 4.79 Å². The van der Waals surface area contributed by atoms with E-state index in [2.05, 4.69) is 6.92 Å². The van der Waals surface area contributed by atoms with Crippen LogP contribution in [0.3, 0.4) is 0 Å². The fourth-order valence-corrected chi connectivity index (χ4v) is 2.42. The van der Waals surface area contributed by atoms with Crippen molar-refractivity contribution in [1.29, 1.82) is 0 Å². The highest BCUT2D eigenvalue weighted by atomic mass is 35.5. The van der Waals surface area contributed by atoms with E-state index in [1.165, 1.54) is 11.3 Å². The van der Waals surface area contributed by atoms with Crippen LogP contribution in [0, 0.1) is 0 Å². The third kappa shape index (κ3) is 4.25. The molecule has 0 saturated heterocycles. The van der Waals surface area contributed by atoms with Gasteiger partial charge in [0.15, 0.2) is 0 Å².